The smallest absolute Gasteiger partial charge is 0.179 e. The van der Waals surface area contributed by atoms with Gasteiger partial charge in [0.1, 0.15) is 13.2 Å². The normalized spacial score (nSPS) is 20.1. The molecular weight excluding hydrogens is 278 g/mol. The van der Waals surface area contributed by atoms with E-state index in [4.69, 9.17) is 26.2 Å². The molecule has 2 aliphatic heterocycles. The number of rotatable bonds is 3. The van der Waals surface area contributed by atoms with Crippen molar-refractivity contribution in [3.05, 3.63) is 22.7 Å². The Kier molecular flexibility index (Phi) is 4.34. The highest BCUT2D eigenvalue weighted by Gasteiger charge is 2.21. The number of piperidine rings is 1. The van der Waals surface area contributed by atoms with Crippen LogP contribution in [0.3, 0.4) is 0 Å². The molecule has 1 aromatic rings. The van der Waals surface area contributed by atoms with Gasteiger partial charge in [0, 0.05) is 13.2 Å². The van der Waals surface area contributed by atoms with Gasteiger partial charge in [0.2, 0.25) is 0 Å². The number of aliphatic hydroxyl groups excluding tert-OH is 1. The molecule has 0 aliphatic carbocycles. The van der Waals surface area contributed by atoms with Crippen LogP contribution in [-0.2, 0) is 6.54 Å². The Balaban J connectivity index is 1.67. The Morgan fingerprint density at radius 3 is 2.70 bits per heavy atom. The number of benzene rings is 1. The Labute approximate surface area is 124 Å². The summed E-state index contributed by atoms with van der Waals surface area (Å²) < 4.78 is 11.1. The first-order valence-electron chi connectivity index (χ1n) is 7.17. The van der Waals surface area contributed by atoms with Gasteiger partial charge in [0.05, 0.1) is 5.02 Å². The van der Waals surface area contributed by atoms with Crippen LogP contribution in [0.15, 0.2) is 12.1 Å². The second kappa shape index (κ2) is 6.20. The molecule has 0 bridgehead atoms. The molecule has 5 heteroatoms. The van der Waals surface area contributed by atoms with Crippen LogP contribution in [0.1, 0.15) is 18.4 Å². The van der Waals surface area contributed by atoms with E-state index in [1.807, 2.05) is 12.1 Å². The number of fused-ring (bicyclic) bond motifs is 1. The lowest BCUT2D eigenvalue weighted by atomic mass is 9.97. The summed E-state index contributed by atoms with van der Waals surface area (Å²) >= 11 is 6.25. The summed E-state index contributed by atoms with van der Waals surface area (Å²) in [6.45, 7) is 4.36. The molecule has 0 atom stereocenters. The quantitative estimate of drug-likeness (QED) is 0.930. The minimum atomic E-state index is 0.309. The summed E-state index contributed by atoms with van der Waals surface area (Å²) in [7, 11) is 0. The molecule has 2 heterocycles. The Hall–Kier alpha value is -0.970. The van der Waals surface area contributed by atoms with Crippen LogP contribution in [0, 0.1) is 5.92 Å². The second-order valence-corrected chi connectivity index (χ2v) is 5.91. The van der Waals surface area contributed by atoms with Gasteiger partial charge in [-0.1, -0.05) is 11.6 Å². The summed E-state index contributed by atoms with van der Waals surface area (Å²) in [5, 5.41) is 9.80. The standard InChI is InChI=1S/C15H20ClNO3/c16-13-7-12(8-14-15(13)20-6-5-19-14)9-17-3-1-11(10-18)2-4-17/h7-8,11,18H,1-6,9-10H2. The van der Waals surface area contributed by atoms with E-state index in [0.717, 1.165) is 43.8 Å². The minimum Gasteiger partial charge on any atom is -0.486 e. The Bertz CT molecular complexity index is 472. The van der Waals surface area contributed by atoms with Gasteiger partial charge in [0.15, 0.2) is 11.5 Å². The van der Waals surface area contributed by atoms with Gasteiger partial charge in [-0.3, -0.25) is 4.90 Å². The average Bonchev–Trinajstić information content (AvgIpc) is 2.48. The predicted molar refractivity (Wildman–Crippen MR) is 77.5 cm³/mol. The van der Waals surface area contributed by atoms with Crippen LogP contribution in [0.25, 0.3) is 0 Å². The van der Waals surface area contributed by atoms with Gasteiger partial charge in [0.25, 0.3) is 0 Å². The highest BCUT2D eigenvalue weighted by atomic mass is 35.5. The summed E-state index contributed by atoms with van der Waals surface area (Å²) in [5.41, 5.74) is 1.15. The zero-order chi connectivity index (χ0) is 13.9. The van der Waals surface area contributed by atoms with Crippen LogP contribution in [0.4, 0.5) is 0 Å². The molecule has 3 rings (SSSR count). The van der Waals surface area contributed by atoms with Crippen LogP contribution in [0.2, 0.25) is 5.02 Å². The number of nitrogens with zero attached hydrogens (tertiary/aromatic N) is 1. The number of hydrogen-bond acceptors (Lipinski definition) is 4. The molecule has 110 valence electrons. The van der Waals surface area contributed by atoms with Crippen LogP contribution >= 0.6 is 11.6 Å². The first-order valence-corrected chi connectivity index (χ1v) is 7.55. The molecule has 0 saturated carbocycles. The third-order valence-corrected chi connectivity index (χ3v) is 4.31. The maximum Gasteiger partial charge on any atom is 0.179 e. The fourth-order valence-corrected chi connectivity index (χ4v) is 3.13. The summed E-state index contributed by atoms with van der Waals surface area (Å²) in [5.74, 6) is 1.89. The fourth-order valence-electron chi connectivity index (χ4n) is 2.84. The van der Waals surface area contributed by atoms with E-state index < -0.39 is 0 Å². The largest absolute Gasteiger partial charge is 0.486 e. The minimum absolute atomic E-state index is 0.309. The van der Waals surface area contributed by atoms with Crippen LogP contribution in [-0.4, -0.2) is 42.9 Å². The molecule has 20 heavy (non-hydrogen) atoms. The van der Waals surface area contributed by atoms with Crippen LogP contribution < -0.4 is 9.47 Å². The van der Waals surface area contributed by atoms with Crippen molar-refractivity contribution in [3.63, 3.8) is 0 Å². The van der Waals surface area contributed by atoms with Crippen molar-refractivity contribution in [3.8, 4) is 11.5 Å². The number of halogens is 1. The molecule has 1 aromatic carbocycles. The van der Waals surface area contributed by atoms with Gasteiger partial charge < -0.3 is 14.6 Å². The van der Waals surface area contributed by atoms with Crippen LogP contribution in [0.5, 0.6) is 11.5 Å². The van der Waals surface area contributed by atoms with Gasteiger partial charge in [-0.05, 0) is 49.5 Å². The fraction of sp³-hybridized carbons (Fsp3) is 0.600. The number of likely N-dealkylation sites (tertiary alicyclic amines) is 1. The lowest BCUT2D eigenvalue weighted by Gasteiger charge is -2.31. The predicted octanol–water partition coefficient (Wildman–Crippen LogP) is 2.32. The van der Waals surface area contributed by atoms with E-state index in [1.54, 1.807) is 0 Å². The van der Waals surface area contributed by atoms with Gasteiger partial charge in [-0.15, -0.1) is 0 Å². The van der Waals surface area contributed by atoms with E-state index in [9.17, 15) is 0 Å². The molecule has 0 unspecified atom stereocenters. The number of ether oxygens (including phenoxy) is 2. The lowest BCUT2D eigenvalue weighted by Crippen LogP contribution is -2.34. The molecule has 1 saturated heterocycles. The molecule has 1 fully saturated rings. The van der Waals surface area contributed by atoms with Gasteiger partial charge in [-0.25, -0.2) is 0 Å². The zero-order valence-electron chi connectivity index (χ0n) is 11.5. The highest BCUT2D eigenvalue weighted by Crippen LogP contribution is 2.38. The Morgan fingerprint density at radius 1 is 1.20 bits per heavy atom. The third-order valence-electron chi connectivity index (χ3n) is 4.03. The van der Waals surface area contributed by atoms with Crippen molar-refractivity contribution < 1.29 is 14.6 Å². The molecule has 2 aliphatic rings. The highest BCUT2D eigenvalue weighted by molar-refractivity contribution is 6.32. The maximum atomic E-state index is 9.17. The summed E-state index contributed by atoms with van der Waals surface area (Å²) in [4.78, 5) is 2.40. The first kappa shape index (κ1) is 14.0. The maximum absolute atomic E-state index is 9.17. The average molecular weight is 298 g/mol. The molecule has 4 nitrogen and oxygen atoms in total. The van der Waals surface area contributed by atoms with Crippen molar-refractivity contribution >= 4 is 11.6 Å². The van der Waals surface area contributed by atoms with E-state index in [2.05, 4.69) is 4.90 Å². The topological polar surface area (TPSA) is 41.9 Å². The number of aliphatic hydroxyl groups is 1. The van der Waals surface area contributed by atoms with Crippen molar-refractivity contribution in [1.82, 2.24) is 4.90 Å². The van der Waals surface area contributed by atoms with Crippen molar-refractivity contribution in [1.29, 1.82) is 0 Å². The molecule has 1 N–H and O–H groups in total. The first-order chi connectivity index (χ1) is 9.76. The van der Waals surface area contributed by atoms with Crippen molar-refractivity contribution in [2.45, 2.75) is 19.4 Å². The Morgan fingerprint density at radius 2 is 1.95 bits per heavy atom. The summed E-state index contributed by atoms with van der Waals surface area (Å²) in [6, 6.07) is 3.99. The third kappa shape index (κ3) is 3.03. The molecule has 0 radical (unpaired) electrons. The zero-order valence-corrected chi connectivity index (χ0v) is 12.2. The van der Waals surface area contributed by atoms with Gasteiger partial charge in [-0.2, -0.15) is 0 Å². The monoisotopic (exact) mass is 297 g/mol. The molecule has 0 spiro atoms. The second-order valence-electron chi connectivity index (χ2n) is 5.50. The SMILES string of the molecule is OCC1CCN(Cc2cc(Cl)c3c(c2)OCCO3)CC1. The lowest BCUT2D eigenvalue weighted by molar-refractivity contribution is 0.127. The van der Waals surface area contributed by atoms with Crippen molar-refractivity contribution in [2.75, 3.05) is 32.9 Å². The van der Waals surface area contributed by atoms with E-state index in [0.29, 0.717) is 36.5 Å². The van der Waals surface area contributed by atoms with E-state index in [-0.39, 0.29) is 0 Å². The van der Waals surface area contributed by atoms with Crippen molar-refractivity contribution in [2.24, 2.45) is 5.92 Å². The molecule has 0 amide bonds. The van der Waals surface area contributed by atoms with E-state index in [1.165, 1.54) is 0 Å². The molecule has 0 aromatic heterocycles. The summed E-state index contributed by atoms with van der Waals surface area (Å²) in [6.07, 6.45) is 2.13. The van der Waals surface area contributed by atoms with Gasteiger partial charge >= 0.3 is 0 Å². The molecular formula is C15H20ClNO3. The van der Waals surface area contributed by atoms with E-state index >= 15 is 0 Å². The number of hydrogen-bond donors (Lipinski definition) is 1.